The monoisotopic (exact) mass is 219 g/mol. The van der Waals surface area contributed by atoms with E-state index >= 15 is 0 Å². The molecule has 0 aliphatic heterocycles. The molecule has 1 N–H and O–H groups in total. The van der Waals surface area contributed by atoms with Crippen LogP contribution in [0.1, 0.15) is 43.4 Å². The number of hydrogen-bond acceptors (Lipinski definition) is 2. The molecule has 1 aromatic heterocycles. The average molecular weight is 219 g/mol. The van der Waals surface area contributed by atoms with Crippen LogP contribution >= 0.6 is 0 Å². The maximum Gasteiger partial charge on any atom is 0.314 e. The lowest BCUT2D eigenvalue weighted by atomic mass is 9.69. The van der Waals surface area contributed by atoms with Gasteiger partial charge in [0, 0.05) is 11.9 Å². The topological polar surface area (TPSA) is 50.2 Å². The number of rotatable bonds is 2. The number of aryl methyl sites for hydroxylation is 1. The lowest BCUT2D eigenvalue weighted by molar-refractivity contribution is -0.145. The first kappa shape index (κ1) is 11.1. The Balaban J connectivity index is 2.47. The summed E-state index contributed by atoms with van der Waals surface area (Å²) in [6.07, 6.45) is 6.36. The highest BCUT2D eigenvalue weighted by molar-refractivity contribution is 5.81. The van der Waals surface area contributed by atoms with Crippen LogP contribution in [0.3, 0.4) is 0 Å². The van der Waals surface area contributed by atoms with Gasteiger partial charge in [-0.25, -0.2) is 0 Å². The van der Waals surface area contributed by atoms with E-state index in [-0.39, 0.29) is 0 Å². The Morgan fingerprint density at radius 1 is 1.38 bits per heavy atom. The highest BCUT2D eigenvalue weighted by Gasteiger charge is 2.42. The van der Waals surface area contributed by atoms with Crippen molar-refractivity contribution in [1.29, 1.82) is 0 Å². The minimum absolute atomic E-state index is 0.684. The molecule has 1 fully saturated rings. The Morgan fingerprint density at radius 3 is 2.62 bits per heavy atom. The van der Waals surface area contributed by atoms with Gasteiger partial charge in [0.05, 0.1) is 5.41 Å². The summed E-state index contributed by atoms with van der Waals surface area (Å²) in [5, 5.41) is 9.54. The van der Waals surface area contributed by atoms with Gasteiger partial charge in [0.1, 0.15) is 0 Å². The third-order valence-corrected chi connectivity index (χ3v) is 3.64. The Labute approximate surface area is 95.5 Å². The Bertz CT molecular complexity index is 395. The van der Waals surface area contributed by atoms with Crippen LogP contribution in [0, 0.1) is 6.92 Å². The van der Waals surface area contributed by atoms with E-state index in [4.69, 9.17) is 0 Å². The molecule has 1 aliphatic carbocycles. The molecule has 1 heterocycles. The number of carboxylic acid groups (broad SMARTS) is 1. The molecule has 2 rings (SSSR count). The molecule has 0 saturated heterocycles. The molecule has 0 radical (unpaired) electrons. The first-order chi connectivity index (χ1) is 7.67. The molecule has 3 heteroatoms. The number of hydrogen-bond donors (Lipinski definition) is 1. The van der Waals surface area contributed by atoms with Crippen LogP contribution in [0.5, 0.6) is 0 Å². The molecule has 1 aromatic rings. The van der Waals surface area contributed by atoms with Crippen LogP contribution in [-0.4, -0.2) is 16.1 Å². The molecular formula is C13H17NO2. The lowest BCUT2D eigenvalue weighted by Crippen LogP contribution is -2.38. The minimum atomic E-state index is -0.691. The van der Waals surface area contributed by atoms with Gasteiger partial charge in [0.15, 0.2) is 0 Å². The fourth-order valence-electron chi connectivity index (χ4n) is 2.74. The van der Waals surface area contributed by atoms with Gasteiger partial charge in [0.2, 0.25) is 0 Å². The van der Waals surface area contributed by atoms with E-state index in [1.165, 1.54) is 0 Å². The summed E-state index contributed by atoms with van der Waals surface area (Å²) < 4.78 is 0. The van der Waals surface area contributed by atoms with E-state index < -0.39 is 11.4 Å². The fraction of sp³-hybridized carbons (Fsp3) is 0.538. The number of aliphatic carboxylic acids is 1. The van der Waals surface area contributed by atoms with Gasteiger partial charge >= 0.3 is 5.97 Å². The normalized spacial score (nSPS) is 19.3. The average Bonchev–Trinajstić information content (AvgIpc) is 2.30. The van der Waals surface area contributed by atoms with Crippen LogP contribution in [0.15, 0.2) is 18.3 Å². The van der Waals surface area contributed by atoms with Crippen molar-refractivity contribution in [1.82, 2.24) is 4.98 Å². The molecule has 16 heavy (non-hydrogen) atoms. The summed E-state index contributed by atoms with van der Waals surface area (Å²) in [7, 11) is 0. The smallest absolute Gasteiger partial charge is 0.314 e. The second-order valence-electron chi connectivity index (χ2n) is 4.58. The number of carboxylic acids is 1. The van der Waals surface area contributed by atoms with E-state index in [0.29, 0.717) is 0 Å². The quantitative estimate of drug-likeness (QED) is 0.832. The molecule has 3 nitrogen and oxygen atoms in total. The Hall–Kier alpha value is -1.38. The molecule has 1 aliphatic rings. The SMILES string of the molecule is Cc1ncccc1C1(C(=O)O)CCCCC1. The third-order valence-electron chi connectivity index (χ3n) is 3.64. The van der Waals surface area contributed by atoms with Crippen molar-refractivity contribution in [3.05, 3.63) is 29.6 Å². The first-order valence-corrected chi connectivity index (χ1v) is 5.82. The molecule has 0 aromatic carbocycles. The van der Waals surface area contributed by atoms with Crippen LogP contribution in [-0.2, 0) is 10.2 Å². The molecule has 0 atom stereocenters. The van der Waals surface area contributed by atoms with Crippen molar-refractivity contribution in [2.45, 2.75) is 44.4 Å². The van der Waals surface area contributed by atoms with Gasteiger partial charge in [-0.3, -0.25) is 9.78 Å². The number of nitrogens with zero attached hydrogens (tertiary/aromatic N) is 1. The Kier molecular flexibility index (Phi) is 2.95. The minimum Gasteiger partial charge on any atom is -0.481 e. The van der Waals surface area contributed by atoms with Crippen molar-refractivity contribution in [2.24, 2.45) is 0 Å². The summed E-state index contributed by atoms with van der Waals surface area (Å²) in [5.74, 6) is -0.691. The third kappa shape index (κ3) is 1.70. The van der Waals surface area contributed by atoms with E-state index in [1.807, 2.05) is 19.1 Å². The second-order valence-corrected chi connectivity index (χ2v) is 4.58. The fourth-order valence-corrected chi connectivity index (χ4v) is 2.74. The van der Waals surface area contributed by atoms with Gasteiger partial charge in [-0.1, -0.05) is 25.3 Å². The van der Waals surface area contributed by atoms with Crippen molar-refractivity contribution in [3.8, 4) is 0 Å². The summed E-state index contributed by atoms with van der Waals surface area (Å²) in [6.45, 7) is 1.90. The molecule has 0 spiro atoms. The highest BCUT2D eigenvalue weighted by atomic mass is 16.4. The van der Waals surface area contributed by atoms with Crippen LogP contribution < -0.4 is 0 Å². The predicted molar refractivity (Wildman–Crippen MR) is 61.4 cm³/mol. The van der Waals surface area contributed by atoms with E-state index in [2.05, 4.69) is 4.98 Å². The van der Waals surface area contributed by atoms with Gasteiger partial charge in [-0.15, -0.1) is 0 Å². The maximum absolute atomic E-state index is 11.6. The summed E-state index contributed by atoms with van der Waals surface area (Å²) in [4.78, 5) is 15.8. The standard InChI is InChI=1S/C13H17NO2/c1-10-11(6-5-9-14-10)13(12(15)16)7-3-2-4-8-13/h5-6,9H,2-4,7-8H2,1H3,(H,15,16). The van der Waals surface area contributed by atoms with Crippen LogP contribution in [0.4, 0.5) is 0 Å². The zero-order valence-corrected chi connectivity index (χ0v) is 9.57. The van der Waals surface area contributed by atoms with E-state index in [9.17, 15) is 9.90 Å². The second kappa shape index (κ2) is 4.24. The maximum atomic E-state index is 11.6. The molecular weight excluding hydrogens is 202 g/mol. The van der Waals surface area contributed by atoms with Gasteiger partial charge in [-0.05, 0) is 31.4 Å². The molecule has 0 amide bonds. The summed E-state index contributed by atoms with van der Waals surface area (Å²) in [6, 6.07) is 3.75. The summed E-state index contributed by atoms with van der Waals surface area (Å²) in [5.41, 5.74) is 1.07. The lowest BCUT2D eigenvalue weighted by Gasteiger charge is -2.34. The highest BCUT2D eigenvalue weighted by Crippen LogP contribution is 2.40. The van der Waals surface area contributed by atoms with Crippen LogP contribution in [0.25, 0.3) is 0 Å². The van der Waals surface area contributed by atoms with Crippen molar-refractivity contribution < 1.29 is 9.90 Å². The molecule has 0 bridgehead atoms. The number of aromatic nitrogens is 1. The predicted octanol–water partition coefficient (Wildman–Crippen LogP) is 2.68. The van der Waals surface area contributed by atoms with Crippen molar-refractivity contribution >= 4 is 5.97 Å². The van der Waals surface area contributed by atoms with Gasteiger partial charge in [0.25, 0.3) is 0 Å². The number of pyridine rings is 1. The molecule has 1 saturated carbocycles. The van der Waals surface area contributed by atoms with E-state index in [1.54, 1.807) is 6.20 Å². The van der Waals surface area contributed by atoms with Gasteiger partial charge in [-0.2, -0.15) is 0 Å². The first-order valence-electron chi connectivity index (χ1n) is 5.82. The summed E-state index contributed by atoms with van der Waals surface area (Å²) >= 11 is 0. The number of carbonyl (C=O) groups is 1. The zero-order chi connectivity index (χ0) is 11.6. The van der Waals surface area contributed by atoms with Crippen molar-refractivity contribution in [3.63, 3.8) is 0 Å². The zero-order valence-electron chi connectivity index (χ0n) is 9.57. The Morgan fingerprint density at radius 2 is 2.06 bits per heavy atom. The molecule has 86 valence electrons. The van der Waals surface area contributed by atoms with Crippen LogP contribution in [0.2, 0.25) is 0 Å². The van der Waals surface area contributed by atoms with Crippen molar-refractivity contribution in [2.75, 3.05) is 0 Å². The molecule has 0 unspecified atom stereocenters. The van der Waals surface area contributed by atoms with E-state index in [0.717, 1.165) is 43.4 Å². The van der Waals surface area contributed by atoms with Gasteiger partial charge < -0.3 is 5.11 Å². The largest absolute Gasteiger partial charge is 0.481 e.